The Morgan fingerprint density at radius 2 is 1.49 bits per heavy atom. The van der Waals surface area contributed by atoms with Gasteiger partial charge in [-0.2, -0.15) is 0 Å². The standard InChI is InChI=1S/C53H85N7O10S2/c1-17-35(6)45(58(13)50(64)43(33(2)3)56-49(63)44(34(4)5)59(14)52(66)70-53(9,10)11)40(67-15)32-42(61)60-29-23-26-39(60)46(68-16)36(7)48(62)55-37(8)47(38-24-19-18-20-25-38)69-51(65)57(12)30-31-71-72-41-27-21-22-28-54-41/h18-22,24-25,27-28,33-37,39-40,43-47H,17,23,26,29-32H2,1-16H3,(H,55,62)(H,56,63)/t35-,36+,37+,39-,40+,43-,44-,45-,46+,47-/m0/s1. The van der Waals surface area contributed by atoms with Gasteiger partial charge >= 0.3 is 12.2 Å². The lowest BCUT2D eigenvalue weighted by molar-refractivity contribution is -0.148. The van der Waals surface area contributed by atoms with Crippen LogP contribution in [0.5, 0.6) is 0 Å². The largest absolute Gasteiger partial charge is 0.444 e. The lowest BCUT2D eigenvalue weighted by Crippen LogP contribution is -2.60. The molecule has 19 heteroatoms. The molecule has 0 radical (unpaired) electrons. The number of rotatable bonds is 26. The molecule has 10 atom stereocenters. The Balaban J connectivity index is 1.76. The van der Waals surface area contributed by atoms with Gasteiger partial charge in [-0.15, -0.1) is 0 Å². The van der Waals surface area contributed by atoms with Gasteiger partial charge in [-0.3, -0.25) is 24.1 Å². The van der Waals surface area contributed by atoms with E-state index in [9.17, 15) is 28.8 Å². The minimum absolute atomic E-state index is 0.0528. The Morgan fingerprint density at radius 1 is 0.833 bits per heavy atom. The molecule has 1 aliphatic rings. The van der Waals surface area contributed by atoms with Gasteiger partial charge in [0.1, 0.15) is 28.8 Å². The SMILES string of the molecule is CC[C@H](C)[C@@H]([C@@H](CC(=O)N1CCC[C@H]1[C@H](OC)[C@@H](C)C(=O)N[C@H](C)[C@H](OC(=O)N(C)CCSSc1ccccn1)c1ccccc1)OC)N(C)C(=O)[C@@H](NC(=O)[C@H](C(C)C)N(C)C(=O)OC(C)(C)C)C(C)C. The number of pyridine rings is 1. The van der Waals surface area contributed by atoms with Gasteiger partial charge in [-0.1, -0.05) is 102 Å². The molecule has 404 valence electrons. The third-order valence-electron chi connectivity index (χ3n) is 13.3. The molecule has 1 aromatic carbocycles. The van der Waals surface area contributed by atoms with Crippen LogP contribution in [0.1, 0.15) is 114 Å². The predicted octanol–water partition coefficient (Wildman–Crippen LogP) is 8.09. The second-order valence-electron chi connectivity index (χ2n) is 20.6. The minimum Gasteiger partial charge on any atom is -0.444 e. The molecule has 1 aliphatic heterocycles. The summed E-state index contributed by atoms with van der Waals surface area (Å²) in [6.45, 7) is 21.1. The summed E-state index contributed by atoms with van der Waals surface area (Å²) in [6.07, 6.45) is 0.276. The molecule has 0 aliphatic carbocycles. The molecule has 0 bridgehead atoms. The monoisotopic (exact) mass is 1040 g/mol. The average Bonchev–Trinajstić information content (AvgIpc) is 3.82. The van der Waals surface area contributed by atoms with E-state index in [0.29, 0.717) is 38.1 Å². The topological polar surface area (TPSA) is 189 Å². The zero-order chi connectivity index (χ0) is 54.0. The lowest BCUT2D eigenvalue weighted by atomic mass is 9.89. The zero-order valence-corrected chi connectivity index (χ0v) is 47.3. The van der Waals surface area contributed by atoms with Crippen LogP contribution in [0.2, 0.25) is 0 Å². The van der Waals surface area contributed by atoms with Crippen LogP contribution >= 0.6 is 21.6 Å². The Hall–Kier alpha value is -4.59. The number of methoxy groups -OCH3 is 2. The molecule has 2 aromatic rings. The molecule has 2 heterocycles. The first-order valence-electron chi connectivity index (χ1n) is 25.2. The number of nitrogens with one attached hydrogen (secondary N) is 2. The van der Waals surface area contributed by atoms with E-state index in [2.05, 4.69) is 15.6 Å². The molecular weight excluding hydrogens is 959 g/mol. The number of amides is 6. The van der Waals surface area contributed by atoms with Gasteiger partial charge in [0.05, 0.1) is 42.7 Å². The van der Waals surface area contributed by atoms with E-state index in [0.717, 1.165) is 10.6 Å². The Kier molecular flexibility index (Phi) is 25.1. The number of ether oxygens (including phenoxy) is 4. The highest BCUT2D eigenvalue weighted by Crippen LogP contribution is 2.32. The quantitative estimate of drug-likeness (QED) is 0.0680. The summed E-state index contributed by atoms with van der Waals surface area (Å²) in [7, 11) is 11.1. The molecule has 1 saturated heterocycles. The average molecular weight is 1040 g/mol. The molecule has 1 aromatic heterocycles. The maximum atomic E-state index is 14.6. The summed E-state index contributed by atoms with van der Waals surface area (Å²) in [6, 6.07) is 11.5. The number of carbonyl (C=O) groups is 6. The van der Waals surface area contributed by atoms with Gasteiger partial charge in [0, 0.05) is 60.4 Å². The highest BCUT2D eigenvalue weighted by atomic mass is 33.1. The van der Waals surface area contributed by atoms with Gasteiger partial charge in [0.25, 0.3) is 0 Å². The number of likely N-dealkylation sites (N-methyl/N-ethyl adjacent to an activating group) is 2. The Labute approximate surface area is 437 Å². The third-order valence-corrected chi connectivity index (χ3v) is 15.5. The van der Waals surface area contributed by atoms with Crippen molar-refractivity contribution in [1.29, 1.82) is 0 Å². The van der Waals surface area contributed by atoms with E-state index >= 15 is 0 Å². The van der Waals surface area contributed by atoms with Crippen molar-refractivity contribution in [3.8, 4) is 0 Å². The highest BCUT2D eigenvalue weighted by molar-refractivity contribution is 8.76. The number of carbonyl (C=O) groups excluding carboxylic acids is 6. The molecule has 3 rings (SSSR count). The molecule has 1 fully saturated rings. The predicted molar refractivity (Wildman–Crippen MR) is 284 cm³/mol. The summed E-state index contributed by atoms with van der Waals surface area (Å²) in [5.74, 6) is -2.17. The number of hydrogen-bond donors (Lipinski definition) is 2. The fourth-order valence-corrected chi connectivity index (χ4v) is 11.1. The van der Waals surface area contributed by atoms with Gasteiger partial charge in [0.2, 0.25) is 23.6 Å². The van der Waals surface area contributed by atoms with Crippen LogP contribution in [0.3, 0.4) is 0 Å². The molecular formula is C53H85N7O10S2. The fraction of sp³-hybridized carbons (Fsp3) is 0.679. The minimum atomic E-state index is -0.954. The van der Waals surface area contributed by atoms with Gasteiger partial charge in [0.15, 0.2) is 0 Å². The van der Waals surface area contributed by atoms with Crippen molar-refractivity contribution in [3.05, 3.63) is 60.3 Å². The summed E-state index contributed by atoms with van der Waals surface area (Å²) in [5.41, 5.74) is -0.0481. The van der Waals surface area contributed by atoms with Gasteiger partial charge < -0.3 is 44.3 Å². The molecule has 0 unspecified atom stereocenters. The maximum absolute atomic E-state index is 14.6. The molecule has 2 N–H and O–H groups in total. The van der Waals surface area contributed by atoms with E-state index in [1.165, 1.54) is 41.9 Å². The van der Waals surface area contributed by atoms with E-state index < -0.39 is 78.1 Å². The van der Waals surface area contributed by atoms with E-state index in [1.54, 1.807) is 75.5 Å². The summed E-state index contributed by atoms with van der Waals surface area (Å²) < 4.78 is 23.8. The Morgan fingerprint density at radius 3 is 2.04 bits per heavy atom. The Bertz CT molecular complexity index is 2030. The molecule has 72 heavy (non-hydrogen) atoms. The van der Waals surface area contributed by atoms with Crippen LogP contribution in [0.25, 0.3) is 0 Å². The fourth-order valence-electron chi connectivity index (χ4n) is 9.15. The van der Waals surface area contributed by atoms with E-state index in [1.807, 2.05) is 90.1 Å². The van der Waals surface area contributed by atoms with Gasteiger partial charge in [-0.25, -0.2) is 14.6 Å². The van der Waals surface area contributed by atoms with E-state index in [4.69, 9.17) is 18.9 Å². The third kappa shape index (κ3) is 17.8. The first-order chi connectivity index (χ1) is 33.9. The van der Waals surface area contributed by atoms with Crippen LogP contribution in [0.4, 0.5) is 9.59 Å². The van der Waals surface area contributed by atoms with Crippen LogP contribution in [0, 0.1) is 23.7 Å². The normalized spacial score (nSPS) is 17.6. The zero-order valence-electron chi connectivity index (χ0n) is 45.7. The lowest BCUT2D eigenvalue weighted by Gasteiger charge is -2.41. The highest BCUT2D eigenvalue weighted by Gasteiger charge is 2.44. The maximum Gasteiger partial charge on any atom is 0.410 e. The summed E-state index contributed by atoms with van der Waals surface area (Å²) in [5, 5.41) is 6.93. The van der Waals surface area contributed by atoms with Crippen LogP contribution in [-0.2, 0) is 38.1 Å². The van der Waals surface area contributed by atoms with Gasteiger partial charge in [-0.05, 0) is 86.8 Å². The number of likely N-dealkylation sites (tertiary alicyclic amines) is 1. The first-order valence-corrected chi connectivity index (χ1v) is 27.6. The first kappa shape index (κ1) is 61.7. The van der Waals surface area contributed by atoms with Crippen molar-refractivity contribution in [2.75, 3.05) is 54.2 Å². The summed E-state index contributed by atoms with van der Waals surface area (Å²) in [4.78, 5) is 94.3. The van der Waals surface area contributed by atoms with Crippen molar-refractivity contribution in [2.24, 2.45) is 23.7 Å². The molecule has 6 amide bonds. The molecule has 0 saturated carbocycles. The van der Waals surface area contributed by atoms with Crippen molar-refractivity contribution in [1.82, 2.24) is 35.2 Å². The molecule has 17 nitrogen and oxygen atoms in total. The smallest absolute Gasteiger partial charge is 0.410 e. The van der Waals surface area contributed by atoms with Crippen LogP contribution in [0.15, 0.2) is 59.8 Å². The number of aromatic nitrogens is 1. The number of nitrogens with zero attached hydrogens (tertiary/aromatic N) is 5. The second-order valence-corrected chi connectivity index (χ2v) is 23.0. The number of hydrogen-bond acceptors (Lipinski definition) is 13. The van der Waals surface area contributed by atoms with Crippen molar-refractivity contribution >= 4 is 57.4 Å². The van der Waals surface area contributed by atoms with Crippen molar-refractivity contribution in [3.63, 3.8) is 0 Å². The van der Waals surface area contributed by atoms with Crippen molar-refractivity contribution < 1.29 is 47.7 Å². The van der Waals surface area contributed by atoms with Crippen LogP contribution in [-0.4, -0.2) is 163 Å². The van der Waals surface area contributed by atoms with Crippen LogP contribution < -0.4 is 10.6 Å². The number of benzene rings is 1. The molecule has 0 spiro atoms. The summed E-state index contributed by atoms with van der Waals surface area (Å²) >= 11 is 0. The second kappa shape index (κ2) is 29.3. The van der Waals surface area contributed by atoms with Crippen molar-refractivity contribution in [2.45, 2.75) is 161 Å². The van der Waals surface area contributed by atoms with E-state index in [-0.39, 0.29) is 41.9 Å².